The van der Waals surface area contributed by atoms with Crippen molar-refractivity contribution in [1.82, 2.24) is 15.3 Å². The molecule has 0 radical (unpaired) electrons. The number of carbonyl (C=O) groups is 1. The first-order valence-electron chi connectivity index (χ1n) is 8.04. The molecule has 1 aliphatic rings. The van der Waals surface area contributed by atoms with E-state index in [2.05, 4.69) is 59.6 Å². The fourth-order valence-corrected chi connectivity index (χ4v) is 2.46. The van der Waals surface area contributed by atoms with E-state index in [1.54, 1.807) is 12.4 Å². The van der Waals surface area contributed by atoms with E-state index in [9.17, 15) is 4.79 Å². The van der Waals surface area contributed by atoms with Crippen LogP contribution in [-0.2, 0) is 0 Å². The maximum Gasteiger partial charge on any atom is 0.254 e. The van der Waals surface area contributed by atoms with E-state index >= 15 is 0 Å². The highest BCUT2D eigenvalue weighted by molar-refractivity contribution is 5.94. The van der Waals surface area contributed by atoms with Gasteiger partial charge in [0, 0.05) is 24.1 Å². The molecule has 1 amide bonds. The van der Waals surface area contributed by atoms with Crippen LogP contribution < -0.4 is 10.6 Å². The third-order valence-electron chi connectivity index (χ3n) is 3.99. The molecule has 1 aliphatic carbocycles. The zero-order valence-electron chi connectivity index (χ0n) is 13.8. The first-order valence-corrected chi connectivity index (χ1v) is 8.04. The number of amides is 1. The van der Waals surface area contributed by atoms with E-state index in [0.717, 1.165) is 24.1 Å². The normalized spacial score (nSPS) is 13.9. The van der Waals surface area contributed by atoms with E-state index in [-0.39, 0.29) is 5.91 Å². The molecule has 23 heavy (non-hydrogen) atoms. The van der Waals surface area contributed by atoms with E-state index in [4.69, 9.17) is 0 Å². The average Bonchev–Trinajstić information content (AvgIpc) is 3.33. The Morgan fingerprint density at radius 2 is 1.91 bits per heavy atom. The number of aromatic nitrogens is 2. The van der Waals surface area contributed by atoms with Crippen LogP contribution in [0.4, 0.5) is 11.6 Å². The number of nitrogens with one attached hydrogen (secondary N) is 2. The van der Waals surface area contributed by atoms with Gasteiger partial charge >= 0.3 is 0 Å². The molecule has 1 saturated carbocycles. The number of carbonyl (C=O) groups excluding carboxylic acids is 1. The van der Waals surface area contributed by atoms with Gasteiger partial charge in [0.05, 0.1) is 5.56 Å². The lowest BCUT2D eigenvalue weighted by Crippen LogP contribution is -2.25. The second-order valence-corrected chi connectivity index (χ2v) is 6.36. The average molecular weight is 310 g/mol. The molecule has 0 aliphatic heterocycles. The Kier molecular flexibility index (Phi) is 4.28. The van der Waals surface area contributed by atoms with Gasteiger partial charge in [-0.2, -0.15) is 0 Å². The summed E-state index contributed by atoms with van der Waals surface area (Å²) in [7, 11) is 0. The highest BCUT2D eigenvalue weighted by Crippen LogP contribution is 2.29. The van der Waals surface area contributed by atoms with Gasteiger partial charge in [0.1, 0.15) is 0 Å². The number of anilines is 2. The van der Waals surface area contributed by atoms with E-state index < -0.39 is 0 Å². The molecule has 0 saturated heterocycles. The molecule has 1 heterocycles. The minimum atomic E-state index is -0.0992. The van der Waals surface area contributed by atoms with Crippen molar-refractivity contribution < 1.29 is 4.79 Å². The molecule has 0 atom stereocenters. The van der Waals surface area contributed by atoms with Gasteiger partial charge < -0.3 is 10.6 Å². The molecular weight excluding hydrogens is 288 g/mol. The number of aryl methyl sites for hydroxylation is 1. The molecule has 3 rings (SSSR count). The maximum absolute atomic E-state index is 12.0. The molecular formula is C18H22N4O. The largest absolute Gasteiger partial charge is 0.349 e. The van der Waals surface area contributed by atoms with E-state index in [0.29, 0.717) is 23.5 Å². The number of benzene rings is 1. The zero-order valence-corrected chi connectivity index (χ0v) is 13.8. The van der Waals surface area contributed by atoms with Crippen LogP contribution in [0.2, 0.25) is 0 Å². The van der Waals surface area contributed by atoms with E-state index in [1.165, 1.54) is 5.56 Å². The summed E-state index contributed by atoms with van der Waals surface area (Å²) < 4.78 is 0. The highest BCUT2D eigenvalue weighted by Gasteiger charge is 2.24. The number of para-hydroxylation sites is 1. The summed E-state index contributed by atoms with van der Waals surface area (Å²) in [6.07, 6.45) is 5.27. The van der Waals surface area contributed by atoms with Gasteiger partial charge in [-0.05, 0) is 36.8 Å². The Morgan fingerprint density at radius 1 is 1.22 bits per heavy atom. The molecule has 5 nitrogen and oxygen atoms in total. The van der Waals surface area contributed by atoms with Gasteiger partial charge in [-0.1, -0.05) is 32.0 Å². The molecule has 0 spiro atoms. The summed E-state index contributed by atoms with van der Waals surface area (Å²) in [5, 5.41) is 6.22. The van der Waals surface area contributed by atoms with Crippen molar-refractivity contribution in [3.8, 4) is 0 Å². The quantitative estimate of drug-likeness (QED) is 0.886. The second-order valence-electron chi connectivity index (χ2n) is 6.36. The molecule has 0 bridgehead atoms. The lowest BCUT2D eigenvalue weighted by Gasteiger charge is -2.16. The lowest BCUT2D eigenvalue weighted by molar-refractivity contribution is 0.0950. The van der Waals surface area contributed by atoms with Crippen LogP contribution in [0.1, 0.15) is 54.1 Å². The summed E-state index contributed by atoms with van der Waals surface area (Å²) in [4.78, 5) is 20.5. The fraction of sp³-hybridized carbons (Fsp3) is 0.389. The minimum absolute atomic E-state index is 0.0992. The predicted molar refractivity (Wildman–Crippen MR) is 91.1 cm³/mol. The molecule has 2 aromatic rings. The van der Waals surface area contributed by atoms with Crippen LogP contribution in [0, 0.1) is 6.92 Å². The molecule has 2 N–H and O–H groups in total. The van der Waals surface area contributed by atoms with Crippen LogP contribution >= 0.6 is 0 Å². The van der Waals surface area contributed by atoms with Crippen molar-refractivity contribution in [2.45, 2.75) is 45.6 Å². The van der Waals surface area contributed by atoms with Crippen molar-refractivity contribution in [2.75, 3.05) is 5.32 Å². The Morgan fingerprint density at radius 3 is 2.52 bits per heavy atom. The SMILES string of the molecule is Cc1cccc(C(C)C)c1Nc1ncc(C(=O)NC2CC2)cn1. The molecule has 1 aromatic heterocycles. The Balaban J connectivity index is 1.77. The monoisotopic (exact) mass is 310 g/mol. The number of rotatable bonds is 5. The first-order chi connectivity index (χ1) is 11.0. The summed E-state index contributed by atoms with van der Waals surface area (Å²) in [6.45, 7) is 6.38. The van der Waals surface area contributed by atoms with Crippen molar-refractivity contribution in [3.05, 3.63) is 47.3 Å². The molecule has 1 fully saturated rings. The summed E-state index contributed by atoms with van der Waals surface area (Å²) in [6, 6.07) is 6.56. The predicted octanol–water partition coefficient (Wildman–Crippen LogP) is 3.54. The van der Waals surface area contributed by atoms with Crippen LogP contribution in [0.3, 0.4) is 0 Å². The van der Waals surface area contributed by atoms with Gasteiger partial charge in [-0.25, -0.2) is 9.97 Å². The summed E-state index contributed by atoms with van der Waals surface area (Å²) in [5.41, 5.74) is 3.91. The van der Waals surface area contributed by atoms with Crippen LogP contribution in [-0.4, -0.2) is 21.9 Å². The van der Waals surface area contributed by atoms with Gasteiger partial charge in [-0.15, -0.1) is 0 Å². The van der Waals surface area contributed by atoms with Crippen LogP contribution in [0.15, 0.2) is 30.6 Å². The third-order valence-corrected chi connectivity index (χ3v) is 3.99. The second kappa shape index (κ2) is 6.36. The molecule has 0 unspecified atom stereocenters. The minimum Gasteiger partial charge on any atom is -0.349 e. The fourth-order valence-electron chi connectivity index (χ4n) is 2.46. The topological polar surface area (TPSA) is 66.9 Å². The highest BCUT2D eigenvalue weighted by atomic mass is 16.1. The number of hydrogen-bond donors (Lipinski definition) is 2. The van der Waals surface area contributed by atoms with Gasteiger partial charge in [0.25, 0.3) is 5.91 Å². The molecule has 120 valence electrons. The van der Waals surface area contributed by atoms with Gasteiger partial charge in [-0.3, -0.25) is 4.79 Å². The molecule has 1 aromatic carbocycles. The smallest absolute Gasteiger partial charge is 0.254 e. The van der Waals surface area contributed by atoms with Crippen molar-refractivity contribution in [1.29, 1.82) is 0 Å². The first kappa shape index (κ1) is 15.5. The number of hydrogen-bond acceptors (Lipinski definition) is 4. The Bertz CT molecular complexity index is 705. The zero-order chi connectivity index (χ0) is 16.4. The van der Waals surface area contributed by atoms with Gasteiger partial charge in [0.2, 0.25) is 5.95 Å². The summed E-state index contributed by atoms with van der Waals surface area (Å²) >= 11 is 0. The summed E-state index contributed by atoms with van der Waals surface area (Å²) in [5.74, 6) is 0.808. The van der Waals surface area contributed by atoms with Crippen molar-refractivity contribution in [3.63, 3.8) is 0 Å². The molecule has 5 heteroatoms. The number of nitrogens with zero attached hydrogens (tertiary/aromatic N) is 2. The van der Waals surface area contributed by atoms with Crippen molar-refractivity contribution in [2.24, 2.45) is 0 Å². The van der Waals surface area contributed by atoms with Gasteiger partial charge in [0.15, 0.2) is 0 Å². The van der Waals surface area contributed by atoms with Crippen molar-refractivity contribution >= 4 is 17.5 Å². The third kappa shape index (κ3) is 3.67. The van der Waals surface area contributed by atoms with E-state index in [1.807, 2.05) is 0 Å². The maximum atomic E-state index is 12.0. The lowest BCUT2D eigenvalue weighted by atomic mass is 9.98. The standard InChI is InChI=1S/C18H22N4O/c1-11(2)15-6-4-5-12(3)16(15)22-18-19-9-13(10-20-18)17(23)21-14-7-8-14/h4-6,9-11,14H,7-8H2,1-3H3,(H,21,23)(H,19,20,22). The Labute approximate surface area is 136 Å². The van der Waals surface area contributed by atoms with Crippen LogP contribution in [0.25, 0.3) is 0 Å². The Hall–Kier alpha value is -2.43. The van der Waals surface area contributed by atoms with Crippen LogP contribution in [0.5, 0.6) is 0 Å².